The quantitative estimate of drug-likeness (QED) is 0.408. The summed E-state index contributed by atoms with van der Waals surface area (Å²) in [5.74, 6) is -0.310. The van der Waals surface area contributed by atoms with E-state index >= 15 is 0 Å². The zero-order valence-corrected chi connectivity index (χ0v) is 6.78. The minimum absolute atomic E-state index is 0.310. The maximum atomic E-state index is 12.1. The minimum atomic E-state index is -0.310. The molecule has 0 amide bonds. The van der Waals surface area contributed by atoms with Gasteiger partial charge in [-0.2, -0.15) is 0 Å². The standard InChI is InChI=1S/C7H11F.C2H4/c1-4-7(5-2)6(3)8;1-2/h4H,3,5H2,1-2H3;1-2H2/b7-4-;. The van der Waals surface area contributed by atoms with E-state index in [-0.39, 0.29) is 5.83 Å². The predicted molar refractivity (Wildman–Crippen MR) is 45.6 cm³/mol. The SMILES string of the molecule is C=C.C=C(F)/C(=C\C)CC. The second kappa shape index (κ2) is 8.15. The van der Waals surface area contributed by atoms with Crippen molar-refractivity contribution in [3.05, 3.63) is 37.2 Å². The summed E-state index contributed by atoms with van der Waals surface area (Å²) >= 11 is 0. The van der Waals surface area contributed by atoms with Gasteiger partial charge in [0.1, 0.15) is 5.83 Å². The van der Waals surface area contributed by atoms with Gasteiger partial charge in [0.15, 0.2) is 0 Å². The van der Waals surface area contributed by atoms with Crippen LogP contribution < -0.4 is 0 Å². The zero-order chi connectivity index (χ0) is 8.57. The van der Waals surface area contributed by atoms with Gasteiger partial charge in [0, 0.05) is 0 Å². The van der Waals surface area contributed by atoms with E-state index in [1.165, 1.54) is 0 Å². The first-order valence-corrected chi connectivity index (χ1v) is 3.22. The zero-order valence-electron chi connectivity index (χ0n) is 6.78. The van der Waals surface area contributed by atoms with E-state index in [1.54, 1.807) is 6.08 Å². The minimum Gasteiger partial charge on any atom is -0.207 e. The molecule has 0 heterocycles. The van der Waals surface area contributed by atoms with Crippen molar-refractivity contribution in [1.82, 2.24) is 0 Å². The normalized spacial score (nSPS) is 9.70. The maximum absolute atomic E-state index is 12.1. The Morgan fingerprint density at radius 1 is 1.50 bits per heavy atom. The Morgan fingerprint density at radius 3 is 1.90 bits per heavy atom. The molecule has 0 aliphatic carbocycles. The van der Waals surface area contributed by atoms with Crippen molar-refractivity contribution in [3.8, 4) is 0 Å². The molecule has 0 nitrogen and oxygen atoms in total. The molecule has 0 unspecified atom stereocenters. The van der Waals surface area contributed by atoms with Crippen molar-refractivity contribution in [3.63, 3.8) is 0 Å². The maximum Gasteiger partial charge on any atom is 0.118 e. The highest BCUT2D eigenvalue weighted by Crippen LogP contribution is 2.11. The molecule has 0 aromatic rings. The molecule has 0 rings (SSSR count). The Balaban J connectivity index is 0. The van der Waals surface area contributed by atoms with E-state index in [1.807, 2.05) is 13.8 Å². The summed E-state index contributed by atoms with van der Waals surface area (Å²) in [6, 6.07) is 0. The molecule has 0 aromatic heterocycles. The van der Waals surface area contributed by atoms with E-state index in [9.17, 15) is 4.39 Å². The van der Waals surface area contributed by atoms with Gasteiger partial charge >= 0.3 is 0 Å². The highest BCUT2D eigenvalue weighted by Gasteiger charge is 1.93. The lowest BCUT2D eigenvalue weighted by Crippen LogP contribution is -1.76. The fourth-order valence-corrected chi connectivity index (χ4v) is 0.553. The summed E-state index contributed by atoms with van der Waals surface area (Å²) in [4.78, 5) is 0. The van der Waals surface area contributed by atoms with Crippen LogP contribution in [0.2, 0.25) is 0 Å². The largest absolute Gasteiger partial charge is 0.207 e. The molecule has 0 saturated heterocycles. The lowest BCUT2D eigenvalue weighted by molar-refractivity contribution is 0.647. The average molecular weight is 142 g/mol. The number of hydrogen-bond acceptors (Lipinski definition) is 0. The number of halogens is 1. The van der Waals surface area contributed by atoms with Gasteiger partial charge in [-0.05, 0) is 18.9 Å². The Labute approximate surface area is 62.8 Å². The molecular weight excluding hydrogens is 127 g/mol. The molecule has 0 saturated carbocycles. The molecule has 0 aromatic carbocycles. The Kier molecular flexibility index (Phi) is 9.69. The molecule has 0 fully saturated rings. The van der Waals surface area contributed by atoms with Crippen LogP contribution in [0.5, 0.6) is 0 Å². The van der Waals surface area contributed by atoms with E-state index in [0.29, 0.717) is 5.57 Å². The van der Waals surface area contributed by atoms with Crippen LogP contribution in [0.25, 0.3) is 0 Å². The molecule has 0 spiro atoms. The highest BCUT2D eigenvalue weighted by molar-refractivity contribution is 5.20. The fourth-order valence-electron chi connectivity index (χ4n) is 0.553. The van der Waals surface area contributed by atoms with Crippen molar-refractivity contribution in [2.45, 2.75) is 20.3 Å². The second-order valence-electron chi connectivity index (χ2n) is 1.57. The van der Waals surface area contributed by atoms with E-state index < -0.39 is 0 Å². The van der Waals surface area contributed by atoms with Gasteiger partial charge in [-0.25, -0.2) is 4.39 Å². The highest BCUT2D eigenvalue weighted by atomic mass is 19.1. The van der Waals surface area contributed by atoms with Crippen LogP contribution in [0, 0.1) is 0 Å². The Bertz CT molecular complexity index is 123. The van der Waals surface area contributed by atoms with E-state index in [4.69, 9.17) is 0 Å². The molecule has 10 heavy (non-hydrogen) atoms. The third kappa shape index (κ3) is 5.29. The molecule has 0 radical (unpaired) electrons. The topological polar surface area (TPSA) is 0 Å². The van der Waals surface area contributed by atoms with Gasteiger partial charge in [0.25, 0.3) is 0 Å². The van der Waals surface area contributed by atoms with Gasteiger partial charge in [0.2, 0.25) is 0 Å². The molecular formula is C9H15F. The van der Waals surface area contributed by atoms with Gasteiger partial charge in [-0.15, -0.1) is 13.2 Å². The number of rotatable bonds is 2. The average Bonchev–Trinajstić information content (AvgIpc) is 1.94. The van der Waals surface area contributed by atoms with Gasteiger partial charge < -0.3 is 0 Å². The third-order valence-corrected chi connectivity index (χ3v) is 1.08. The first kappa shape index (κ1) is 11.9. The molecule has 58 valence electrons. The Morgan fingerprint density at radius 2 is 1.90 bits per heavy atom. The monoisotopic (exact) mass is 142 g/mol. The molecule has 0 aliphatic heterocycles. The summed E-state index contributed by atoms with van der Waals surface area (Å²) in [5.41, 5.74) is 0.699. The van der Waals surface area contributed by atoms with Gasteiger partial charge in [0.05, 0.1) is 0 Å². The summed E-state index contributed by atoms with van der Waals surface area (Å²) in [6.45, 7) is 12.9. The third-order valence-electron chi connectivity index (χ3n) is 1.08. The van der Waals surface area contributed by atoms with Crippen molar-refractivity contribution in [2.24, 2.45) is 0 Å². The molecule has 1 heteroatoms. The van der Waals surface area contributed by atoms with Crippen LogP contribution >= 0.6 is 0 Å². The van der Waals surface area contributed by atoms with Crippen LogP contribution in [0.15, 0.2) is 37.2 Å². The van der Waals surface area contributed by atoms with Crippen LogP contribution in [0.3, 0.4) is 0 Å². The van der Waals surface area contributed by atoms with Gasteiger partial charge in [-0.3, -0.25) is 0 Å². The molecule has 0 atom stereocenters. The summed E-state index contributed by atoms with van der Waals surface area (Å²) in [5, 5.41) is 0. The first-order valence-electron chi connectivity index (χ1n) is 3.22. The Hall–Kier alpha value is -0.850. The summed E-state index contributed by atoms with van der Waals surface area (Å²) < 4.78 is 12.1. The van der Waals surface area contributed by atoms with E-state index in [2.05, 4.69) is 19.7 Å². The lowest BCUT2D eigenvalue weighted by atomic mass is 10.2. The van der Waals surface area contributed by atoms with Crippen LogP contribution in [-0.2, 0) is 0 Å². The van der Waals surface area contributed by atoms with Crippen LogP contribution in [0.1, 0.15) is 20.3 Å². The second-order valence-corrected chi connectivity index (χ2v) is 1.57. The fraction of sp³-hybridized carbons (Fsp3) is 0.333. The van der Waals surface area contributed by atoms with Gasteiger partial charge in [-0.1, -0.05) is 19.6 Å². The number of allylic oxidation sites excluding steroid dienone is 3. The molecule has 0 aliphatic rings. The van der Waals surface area contributed by atoms with Crippen molar-refractivity contribution >= 4 is 0 Å². The van der Waals surface area contributed by atoms with Crippen molar-refractivity contribution < 1.29 is 4.39 Å². The smallest absolute Gasteiger partial charge is 0.118 e. The summed E-state index contributed by atoms with van der Waals surface area (Å²) in [7, 11) is 0. The van der Waals surface area contributed by atoms with Crippen LogP contribution in [-0.4, -0.2) is 0 Å². The van der Waals surface area contributed by atoms with Crippen LogP contribution in [0.4, 0.5) is 4.39 Å². The van der Waals surface area contributed by atoms with Crippen molar-refractivity contribution in [2.75, 3.05) is 0 Å². The van der Waals surface area contributed by atoms with Crippen molar-refractivity contribution in [1.29, 1.82) is 0 Å². The number of hydrogen-bond donors (Lipinski definition) is 0. The molecule has 0 bridgehead atoms. The lowest BCUT2D eigenvalue weighted by Gasteiger charge is -1.94. The summed E-state index contributed by atoms with van der Waals surface area (Å²) in [6.07, 6.45) is 2.47. The first-order chi connectivity index (χ1) is 4.72. The predicted octanol–water partition coefficient (Wildman–Crippen LogP) is 3.63. The van der Waals surface area contributed by atoms with E-state index in [0.717, 1.165) is 6.42 Å². The molecule has 0 N–H and O–H groups in total.